The molecule has 0 bridgehead atoms. The van der Waals surface area contributed by atoms with Crippen molar-refractivity contribution in [2.75, 3.05) is 0 Å². The van der Waals surface area contributed by atoms with Crippen LogP contribution in [0.2, 0.25) is 10.0 Å². The van der Waals surface area contributed by atoms with Crippen molar-refractivity contribution in [1.82, 2.24) is 0 Å². The van der Waals surface area contributed by atoms with Crippen LogP contribution in [0.1, 0.15) is 18.4 Å². The van der Waals surface area contributed by atoms with Gasteiger partial charge in [-0.2, -0.15) is 0 Å². The molecular formula is C9H7Cl3O. The average molecular weight is 238 g/mol. The third kappa shape index (κ3) is 2.60. The fourth-order valence-corrected chi connectivity index (χ4v) is 1.55. The lowest BCUT2D eigenvalue weighted by molar-refractivity contribution is -0.112. The van der Waals surface area contributed by atoms with Crippen molar-refractivity contribution in [1.29, 1.82) is 0 Å². The lowest BCUT2D eigenvalue weighted by Crippen LogP contribution is -2.02. The quantitative estimate of drug-likeness (QED) is 0.714. The summed E-state index contributed by atoms with van der Waals surface area (Å²) >= 11 is 17.0. The number of halogens is 3. The molecule has 1 aromatic carbocycles. The van der Waals surface area contributed by atoms with Crippen LogP contribution in [-0.4, -0.2) is 5.24 Å². The fraction of sp³-hybridized carbons (Fsp3) is 0.222. The van der Waals surface area contributed by atoms with Crippen molar-refractivity contribution in [2.45, 2.75) is 12.8 Å². The predicted molar refractivity (Wildman–Crippen MR) is 55.7 cm³/mol. The molecule has 0 aliphatic carbocycles. The van der Waals surface area contributed by atoms with E-state index in [-0.39, 0.29) is 0 Å². The van der Waals surface area contributed by atoms with Gasteiger partial charge in [0, 0.05) is 10.0 Å². The summed E-state index contributed by atoms with van der Waals surface area (Å²) in [6.07, 6.45) is 0. The Bertz CT molecular complexity index is 336. The highest BCUT2D eigenvalue weighted by atomic mass is 35.5. The van der Waals surface area contributed by atoms with Gasteiger partial charge < -0.3 is 0 Å². The fourth-order valence-electron chi connectivity index (χ4n) is 0.969. The van der Waals surface area contributed by atoms with Gasteiger partial charge >= 0.3 is 0 Å². The van der Waals surface area contributed by atoms with Gasteiger partial charge in [0.05, 0.1) is 5.92 Å². The molecule has 1 aromatic rings. The second kappa shape index (κ2) is 4.32. The highest BCUT2D eigenvalue weighted by molar-refractivity contribution is 6.64. The van der Waals surface area contributed by atoms with E-state index in [2.05, 4.69) is 0 Å². The number of rotatable bonds is 2. The van der Waals surface area contributed by atoms with E-state index in [1.165, 1.54) is 0 Å². The first-order valence-corrected chi connectivity index (χ1v) is 4.80. The Labute approximate surface area is 91.6 Å². The lowest BCUT2D eigenvalue weighted by Gasteiger charge is -2.08. The molecule has 13 heavy (non-hydrogen) atoms. The summed E-state index contributed by atoms with van der Waals surface area (Å²) in [6, 6.07) is 4.96. The van der Waals surface area contributed by atoms with Crippen molar-refractivity contribution in [3.05, 3.63) is 33.8 Å². The Morgan fingerprint density at radius 2 is 2.00 bits per heavy atom. The molecule has 0 spiro atoms. The summed E-state index contributed by atoms with van der Waals surface area (Å²) < 4.78 is 0. The standard InChI is InChI=1S/C9H7Cl3O/c1-5(9(12)13)7-4-6(10)2-3-8(7)11/h2-5H,1H3. The monoisotopic (exact) mass is 236 g/mol. The van der Waals surface area contributed by atoms with E-state index in [0.717, 1.165) is 0 Å². The largest absolute Gasteiger partial charge is 0.281 e. The second-order valence-corrected chi connectivity index (χ2v) is 3.91. The van der Waals surface area contributed by atoms with Crippen LogP contribution >= 0.6 is 34.8 Å². The van der Waals surface area contributed by atoms with Gasteiger partial charge in [0.25, 0.3) is 0 Å². The minimum absolute atomic E-state index is 0.423. The first kappa shape index (κ1) is 10.8. The van der Waals surface area contributed by atoms with Gasteiger partial charge in [-0.05, 0) is 35.4 Å². The van der Waals surface area contributed by atoms with E-state index in [1.54, 1.807) is 25.1 Å². The molecule has 0 aromatic heterocycles. The molecule has 0 fully saturated rings. The van der Waals surface area contributed by atoms with Crippen molar-refractivity contribution in [2.24, 2.45) is 0 Å². The molecule has 1 rings (SSSR count). The van der Waals surface area contributed by atoms with Crippen LogP contribution in [0.4, 0.5) is 0 Å². The molecule has 0 heterocycles. The molecule has 0 saturated carbocycles. The maximum atomic E-state index is 10.9. The van der Waals surface area contributed by atoms with E-state index < -0.39 is 11.2 Å². The average Bonchev–Trinajstić information content (AvgIpc) is 2.08. The van der Waals surface area contributed by atoms with E-state index in [1.807, 2.05) is 0 Å². The maximum Gasteiger partial charge on any atom is 0.228 e. The van der Waals surface area contributed by atoms with Gasteiger partial charge in [-0.15, -0.1) is 0 Å². The Hall–Kier alpha value is -0.240. The summed E-state index contributed by atoms with van der Waals surface area (Å²) in [4.78, 5) is 10.9. The van der Waals surface area contributed by atoms with Crippen molar-refractivity contribution >= 4 is 40.0 Å². The third-order valence-corrected chi connectivity index (χ3v) is 2.67. The Kier molecular flexibility index (Phi) is 3.60. The van der Waals surface area contributed by atoms with E-state index >= 15 is 0 Å². The predicted octanol–water partition coefficient (Wildman–Crippen LogP) is 3.86. The second-order valence-electron chi connectivity index (χ2n) is 2.69. The van der Waals surface area contributed by atoms with Gasteiger partial charge in [0.2, 0.25) is 5.24 Å². The first-order valence-electron chi connectivity index (χ1n) is 3.66. The van der Waals surface area contributed by atoms with Crippen LogP contribution in [0, 0.1) is 0 Å². The van der Waals surface area contributed by atoms with Crippen LogP contribution in [0.3, 0.4) is 0 Å². The topological polar surface area (TPSA) is 17.1 Å². The van der Waals surface area contributed by atoms with Gasteiger partial charge in [-0.1, -0.05) is 30.1 Å². The summed E-state index contributed by atoms with van der Waals surface area (Å²) in [7, 11) is 0. The zero-order chi connectivity index (χ0) is 10.0. The van der Waals surface area contributed by atoms with Crippen molar-refractivity contribution in [3.63, 3.8) is 0 Å². The molecule has 0 aliphatic heterocycles. The summed E-state index contributed by atoms with van der Waals surface area (Å²) in [5.74, 6) is -0.423. The summed E-state index contributed by atoms with van der Waals surface area (Å²) in [5, 5.41) is 0.610. The van der Waals surface area contributed by atoms with E-state index in [0.29, 0.717) is 15.6 Å². The SMILES string of the molecule is CC(C(=O)Cl)c1cc(Cl)ccc1Cl. The van der Waals surface area contributed by atoms with Crippen LogP contribution < -0.4 is 0 Å². The number of hydrogen-bond acceptors (Lipinski definition) is 1. The zero-order valence-electron chi connectivity index (χ0n) is 6.85. The van der Waals surface area contributed by atoms with Crippen LogP contribution in [0.25, 0.3) is 0 Å². The molecular weight excluding hydrogens is 230 g/mol. The number of benzene rings is 1. The van der Waals surface area contributed by atoms with Crippen molar-refractivity contribution in [3.8, 4) is 0 Å². The van der Waals surface area contributed by atoms with Gasteiger partial charge in [0.15, 0.2) is 0 Å². The van der Waals surface area contributed by atoms with E-state index in [9.17, 15) is 4.79 Å². The normalized spacial score (nSPS) is 12.6. The molecule has 0 saturated heterocycles. The smallest absolute Gasteiger partial charge is 0.228 e. The molecule has 1 nitrogen and oxygen atoms in total. The number of carbonyl (C=O) groups excluding carboxylic acids is 1. The Morgan fingerprint density at radius 1 is 1.38 bits per heavy atom. The minimum Gasteiger partial charge on any atom is -0.281 e. The minimum atomic E-state index is -0.441. The van der Waals surface area contributed by atoms with Gasteiger partial charge in [0.1, 0.15) is 0 Å². The van der Waals surface area contributed by atoms with Gasteiger partial charge in [-0.3, -0.25) is 4.79 Å². The van der Waals surface area contributed by atoms with Gasteiger partial charge in [-0.25, -0.2) is 0 Å². The van der Waals surface area contributed by atoms with E-state index in [4.69, 9.17) is 34.8 Å². The Balaban J connectivity index is 3.12. The maximum absolute atomic E-state index is 10.9. The summed E-state index contributed by atoms with van der Waals surface area (Å²) in [5.41, 5.74) is 0.661. The first-order chi connectivity index (χ1) is 6.02. The molecule has 4 heteroatoms. The van der Waals surface area contributed by atoms with Crippen LogP contribution in [0.5, 0.6) is 0 Å². The molecule has 0 radical (unpaired) electrons. The third-order valence-electron chi connectivity index (χ3n) is 1.76. The number of hydrogen-bond donors (Lipinski definition) is 0. The molecule has 1 atom stereocenters. The molecule has 0 amide bonds. The van der Waals surface area contributed by atoms with Crippen LogP contribution in [-0.2, 0) is 4.79 Å². The zero-order valence-corrected chi connectivity index (χ0v) is 9.12. The highest BCUT2D eigenvalue weighted by Gasteiger charge is 2.15. The molecule has 70 valence electrons. The number of carbonyl (C=O) groups is 1. The highest BCUT2D eigenvalue weighted by Crippen LogP contribution is 2.28. The molecule has 0 aliphatic rings. The summed E-state index contributed by atoms with van der Waals surface area (Å²) in [6.45, 7) is 1.69. The van der Waals surface area contributed by atoms with Crippen molar-refractivity contribution < 1.29 is 4.79 Å². The Morgan fingerprint density at radius 3 is 2.54 bits per heavy atom. The molecule has 1 unspecified atom stereocenters. The molecule has 0 N–H and O–H groups in total. The lowest BCUT2D eigenvalue weighted by atomic mass is 10.0. The van der Waals surface area contributed by atoms with Crippen LogP contribution in [0.15, 0.2) is 18.2 Å².